The van der Waals surface area contributed by atoms with Crippen molar-refractivity contribution in [3.63, 3.8) is 0 Å². The van der Waals surface area contributed by atoms with Crippen molar-refractivity contribution in [2.24, 2.45) is 11.3 Å². The molecule has 0 N–H and O–H groups in total. The first kappa shape index (κ1) is 12.7. The van der Waals surface area contributed by atoms with Gasteiger partial charge in [0.05, 0.1) is 6.04 Å². The van der Waals surface area contributed by atoms with Crippen LogP contribution >= 0.6 is 0 Å². The Balaban J connectivity index is 2.34. The van der Waals surface area contributed by atoms with E-state index < -0.39 is 0 Å². The van der Waals surface area contributed by atoms with E-state index in [1.807, 2.05) is 6.20 Å². The highest BCUT2D eigenvalue weighted by Crippen LogP contribution is 2.47. The molecule has 1 saturated heterocycles. The monoisotopic (exact) mass is 233 g/mol. The fourth-order valence-corrected chi connectivity index (χ4v) is 4.32. The van der Waals surface area contributed by atoms with E-state index in [0.717, 1.165) is 5.92 Å². The minimum Gasteiger partial charge on any atom is -0.371 e. The second kappa shape index (κ2) is 4.51. The molecule has 2 rings (SSSR count). The van der Waals surface area contributed by atoms with Gasteiger partial charge in [-0.25, -0.2) is 0 Å². The topological polar surface area (TPSA) is 3.24 Å². The molecule has 17 heavy (non-hydrogen) atoms. The summed E-state index contributed by atoms with van der Waals surface area (Å²) in [5.74, 6) is 0.840. The van der Waals surface area contributed by atoms with Gasteiger partial charge in [0.1, 0.15) is 0 Å². The van der Waals surface area contributed by atoms with Gasteiger partial charge in [-0.15, -0.1) is 0 Å². The van der Waals surface area contributed by atoms with Crippen LogP contribution < -0.4 is 0 Å². The third-order valence-corrected chi connectivity index (χ3v) is 4.56. The van der Waals surface area contributed by atoms with Crippen molar-refractivity contribution in [2.45, 2.75) is 59.4 Å². The molecule has 0 bridgehead atoms. The van der Waals surface area contributed by atoms with Crippen molar-refractivity contribution in [2.75, 3.05) is 6.54 Å². The van der Waals surface area contributed by atoms with Crippen LogP contribution in [0.4, 0.5) is 0 Å². The van der Waals surface area contributed by atoms with Crippen LogP contribution in [0.1, 0.15) is 53.4 Å². The predicted octanol–water partition coefficient (Wildman–Crippen LogP) is 4.37. The number of nitrogens with zero attached hydrogens (tertiary/aromatic N) is 1. The molecule has 2 aliphatic rings. The summed E-state index contributed by atoms with van der Waals surface area (Å²) in [6.45, 7) is 14.8. The van der Waals surface area contributed by atoms with Crippen LogP contribution in [-0.2, 0) is 0 Å². The van der Waals surface area contributed by atoms with Gasteiger partial charge in [-0.2, -0.15) is 0 Å². The fraction of sp³-hybridized carbons (Fsp3) is 0.750. The number of hydrogen-bond acceptors (Lipinski definition) is 1. The van der Waals surface area contributed by atoms with Crippen molar-refractivity contribution in [3.05, 3.63) is 23.9 Å². The molecule has 0 saturated carbocycles. The van der Waals surface area contributed by atoms with Crippen molar-refractivity contribution in [3.8, 4) is 0 Å². The maximum Gasteiger partial charge on any atom is 0.0504 e. The van der Waals surface area contributed by atoms with Gasteiger partial charge in [-0.1, -0.05) is 32.9 Å². The molecule has 1 nitrogen and oxygen atoms in total. The molecule has 0 spiro atoms. The summed E-state index contributed by atoms with van der Waals surface area (Å²) in [6, 6.07) is 0.634. The van der Waals surface area contributed by atoms with Gasteiger partial charge in [0.15, 0.2) is 0 Å². The standard InChI is InChI=1S/C16H27N/c1-6-17-9-7-8-14(17)15-13(3)10-12(2)11-16(15,4)5/h6,12,14H,1,7-11H2,2-5H3. The molecule has 2 atom stereocenters. The Morgan fingerprint density at radius 2 is 2.12 bits per heavy atom. The van der Waals surface area contributed by atoms with Gasteiger partial charge in [-0.05, 0) is 55.7 Å². The minimum atomic E-state index is 0.373. The molecule has 1 aliphatic carbocycles. The third kappa shape index (κ3) is 2.29. The van der Waals surface area contributed by atoms with Crippen LogP contribution in [-0.4, -0.2) is 17.5 Å². The van der Waals surface area contributed by atoms with E-state index in [9.17, 15) is 0 Å². The van der Waals surface area contributed by atoms with E-state index in [1.54, 1.807) is 11.1 Å². The van der Waals surface area contributed by atoms with E-state index in [0.29, 0.717) is 11.5 Å². The van der Waals surface area contributed by atoms with E-state index in [4.69, 9.17) is 0 Å². The third-order valence-electron chi connectivity index (χ3n) is 4.56. The highest BCUT2D eigenvalue weighted by atomic mass is 15.2. The van der Waals surface area contributed by atoms with Crippen LogP contribution in [0.15, 0.2) is 23.9 Å². The first-order valence-corrected chi connectivity index (χ1v) is 7.04. The molecule has 96 valence electrons. The lowest BCUT2D eigenvalue weighted by Crippen LogP contribution is -2.37. The second-order valence-corrected chi connectivity index (χ2v) is 6.67. The summed E-state index contributed by atoms with van der Waals surface area (Å²) in [4.78, 5) is 2.45. The fourth-order valence-electron chi connectivity index (χ4n) is 4.32. The van der Waals surface area contributed by atoms with Crippen molar-refractivity contribution in [1.82, 2.24) is 4.90 Å². The Bertz CT molecular complexity index is 337. The van der Waals surface area contributed by atoms with Gasteiger partial charge in [-0.3, -0.25) is 0 Å². The van der Waals surface area contributed by atoms with Gasteiger partial charge >= 0.3 is 0 Å². The molecule has 0 amide bonds. The summed E-state index contributed by atoms with van der Waals surface area (Å²) in [5, 5.41) is 0. The van der Waals surface area contributed by atoms with Gasteiger partial charge in [0.2, 0.25) is 0 Å². The van der Waals surface area contributed by atoms with E-state index in [1.165, 1.54) is 32.2 Å². The summed E-state index contributed by atoms with van der Waals surface area (Å²) in [5.41, 5.74) is 3.73. The Hall–Kier alpha value is -0.720. The number of hydrogen-bond donors (Lipinski definition) is 0. The quantitative estimate of drug-likeness (QED) is 0.640. The predicted molar refractivity (Wildman–Crippen MR) is 74.8 cm³/mol. The number of rotatable bonds is 2. The molecular weight excluding hydrogens is 206 g/mol. The Labute approximate surface area is 107 Å². The summed E-state index contributed by atoms with van der Waals surface area (Å²) in [7, 11) is 0. The largest absolute Gasteiger partial charge is 0.371 e. The van der Waals surface area contributed by atoms with Gasteiger partial charge < -0.3 is 4.90 Å². The van der Waals surface area contributed by atoms with Crippen LogP contribution in [0.25, 0.3) is 0 Å². The number of likely N-dealkylation sites (tertiary alicyclic amines) is 1. The lowest BCUT2D eigenvalue weighted by atomic mass is 9.66. The molecular formula is C16H27N. The van der Waals surface area contributed by atoms with Crippen LogP contribution in [0.2, 0.25) is 0 Å². The Kier molecular flexibility index (Phi) is 3.38. The second-order valence-electron chi connectivity index (χ2n) is 6.67. The first-order chi connectivity index (χ1) is 7.95. The lowest BCUT2D eigenvalue weighted by Gasteiger charge is -2.42. The Morgan fingerprint density at radius 1 is 1.41 bits per heavy atom. The molecule has 1 heterocycles. The molecule has 0 aromatic rings. The Morgan fingerprint density at radius 3 is 2.71 bits per heavy atom. The first-order valence-electron chi connectivity index (χ1n) is 7.04. The van der Waals surface area contributed by atoms with Crippen LogP contribution in [0.3, 0.4) is 0 Å². The van der Waals surface area contributed by atoms with E-state index in [2.05, 4.69) is 39.2 Å². The molecule has 1 aliphatic heterocycles. The minimum absolute atomic E-state index is 0.373. The summed E-state index contributed by atoms with van der Waals surface area (Å²) < 4.78 is 0. The van der Waals surface area contributed by atoms with Crippen molar-refractivity contribution in [1.29, 1.82) is 0 Å². The zero-order chi connectivity index (χ0) is 12.6. The molecule has 1 fully saturated rings. The van der Waals surface area contributed by atoms with Gasteiger partial charge in [0, 0.05) is 6.54 Å². The summed E-state index contributed by atoms with van der Waals surface area (Å²) >= 11 is 0. The smallest absolute Gasteiger partial charge is 0.0504 e. The molecule has 0 aromatic heterocycles. The number of allylic oxidation sites excluding steroid dienone is 1. The zero-order valence-electron chi connectivity index (χ0n) is 11.9. The molecule has 1 heteroatoms. The van der Waals surface area contributed by atoms with E-state index >= 15 is 0 Å². The summed E-state index contributed by atoms with van der Waals surface area (Å²) in [6.07, 6.45) is 7.31. The average molecular weight is 233 g/mol. The normalized spacial score (nSPS) is 33.1. The molecule has 2 unspecified atom stereocenters. The van der Waals surface area contributed by atoms with Crippen molar-refractivity contribution < 1.29 is 0 Å². The highest BCUT2D eigenvalue weighted by molar-refractivity contribution is 5.29. The molecule has 0 radical (unpaired) electrons. The van der Waals surface area contributed by atoms with Crippen molar-refractivity contribution >= 4 is 0 Å². The van der Waals surface area contributed by atoms with Crippen LogP contribution in [0, 0.1) is 11.3 Å². The maximum absolute atomic E-state index is 3.98. The average Bonchev–Trinajstić information content (AvgIpc) is 2.62. The lowest BCUT2D eigenvalue weighted by molar-refractivity contribution is 0.248. The van der Waals surface area contributed by atoms with E-state index in [-0.39, 0.29) is 0 Å². The SMILES string of the molecule is C=CN1CCCC1C1=C(C)CC(C)CC1(C)C. The van der Waals surface area contributed by atoms with Crippen LogP contribution in [0.5, 0.6) is 0 Å². The zero-order valence-corrected chi connectivity index (χ0v) is 11.9. The highest BCUT2D eigenvalue weighted by Gasteiger charge is 2.38. The van der Waals surface area contributed by atoms with Gasteiger partial charge in [0.25, 0.3) is 0 Å². The maximum atomic E-state index is 3.98. The molecule has 0 aromatic carbocycles.